The second kappa shape index (κ2) is 4.02. The highest BCUT2D eigenvalue weighted by Gasteiger charge is 2.28. The summed E-state index contributed by atoms with van der Waals surface area (Å²) in [6.07, 6.45) is 0. The first-order valence-corrected chi connectivity index (χ1v) is 5.51. The predicted octanol–water partition coefficient (Wildman–Crippen LogP) is 2.87. The van der Waals surface area contributed by atoms with Crippen LogP contribution in [0.2, 0.25) is 0 Å². The Kier molecular flexibility index (Phi) is 3.25. The summed E-state index contributed by atoms with van der Waals surface area (Å²) in [4.78, 5) is 12.2. The highest BCUT2D eigenvalue weighted by Crippen LogP contribution is 2.25. The number of aryl methyl sites for hydroxylation is 2. The smallest absolute Gasteiger partial charge is 0.194 e. The fourth-order valence-corrected chi connectivity index (χ4v) is 1.86. The van der Waals surface area contributed by atoms with Crippen molar-refractivity contribution in [3.8, 4) is 0 Å². The molecule has 0 saturated heterocycles. The Morgan fingerprint density at radius 3 is 1.75 bits per heavy atom. The number of carbonyl (C=O) groups excluding carboxylic acids is 1. The van der Waals surface area contributed by atoms with Crippen molar-refractivity contribution in [2.45, 2.75) is 47.1 Å². The van der Waals surface area contributed by atoms with Gasteiger partial charge in [0.05, 0.1) is 0 Å². The summed E-state index contributed by atoms with van der Waals surface area (Å²) in [5, 5.41) is 9.82. The van der Waals surface area contributed by atoms with Gasteiger partial charge in [0.1, 0.15) is 5.60 Å². The lowest BCUT2D eigenvalue weighted by Crippen LogP contribution is -2.32. The van der Waals surface area contributed by atoms with Gasteiger partial charge in [-0.05, 0) is 63.8 Å². The average Bonchev–Trinajstić information content (AvgIpc) is 2.13. The molecule has 1 N–H and O–H groups in total. The SMILES string of the molecule is Cc1cc(C)c(C)c(C(=O)C(C)(C)O)c1C. The zero-order chi connectivity index (χ0) is 12.7. The van der Waals surface area contributed by atoms with E-state index in [9.17, 15) is 9.90 Å². The van der Waals surface area contributed by atoms with Crippen molar-refractivity contribution < 1.29 is 9.90 Å². The number of hydrogen-bond acceptors (Lipinski definition) is 2. The van der Waals surface area contributed by atoms with Gasteiger partial charge in [-0.15, -0.1) is 0 Å². The Labute approximate surface area is 97.3 Å². The maximum Gasteiger partial charge on any atom is 0.194 e. The average molecular weight is 220 g/mol. The molecule has 0 radical (unpaired) electrons. The molecular weight excluding hydrogens is 200 g/mol. The van der Waals surface area contributed by atoms with Gasteiger partial charge in [0, 0.05) is 5.56 Å². The molecule has 88 valence electrons. The van der Waals surface area contributed by atoms with Crippen molar-refractivity contribution in [2.24, 2.45) is 0 Å². The van der Waals surface area contributed by atoms with Crippen LogP contribution in [0.1, 0.15) is 46.5 Å². The monoisotopic (exact) mass is 220 g/mol. The van der Waals surface area contributed by atoms with Crippen LogP contribution in [0.3, 0.4) is 0 Å². The van der Waals surface area contributed by atoms with Gasteiger partial charge in [-0.1, -0.05) is 6.07 Å². The van der Waals surface area contributed by atoms with Crippen LogP contribution in [0.25, 0.3) is 0 Å². The minimum Gasteiger partial charge on any atom is -0.382 e. The fourth-order valence-electron chi connectivity index (χ4n) is 1.86. The molecule has 0 aliphatic carbocycles. The molecule has 0 fully saturated rings. The summed E-state index contributed by atoms with van der Waals surface area (Å²) < 4.78 is 0. The molecule has 0 aliphatic heterocycles. The molecule has 0 amide bonds. The largest absolute Gasteiger partial charge is 0.382 e. The van der Waals surface area contributed by atoms with Crippen LogP contribution in [0.4, 0.5) is 0 Å². The quantitative estimate of drug-likeness (QED) is 0.778. The van der Waals surface area contributed by atoms with Crippen molar-refractivity contribution >= 4 is 5.78 Å². The lowest BCUT2D eigenvalue weighted by atomic mass is 9.86. The van der Waals surface area contributed by atoms with Crippen LogP contribution >= 0.6 is 0 Å². The number of Topliss-reactive ketones (excluding diaryl/α,β-unsaturated/α-hetero) is 1. The molecule has 1 rings (SSSR count). The van der Waals surface area contributed by atoms with E-state index >= 15 is 0 Å². The van der Waals surface area contributed by atoms with Crippen LogP contribution in [-0.4, -0.2) is 16.5 Å². The van der Waals surface area contributed by atoms with Crippen LogP contribution in [0, 0.1) is 27.7 Å². The van der Waals surface area contributed by atoms with Crippen LogP contribution < -0.4 is 0 Å². The molecule has 2 heteroatoms. The molecule has 0 unspecified atom stereocenters. The number of carbonyl (C=O) groups is 1. The summed E-state index contributed by atoms with van der Waals surface area (Å²) in [6, 6.07) is 2.08. The molecule has 2 nitrogen and oxygen atoms in total. The zero-order valence-electron chi connectivity index (χ0n) is 10.9. The van der Waals surface area contributed by atoms with Crippen molar-refractivity contribution in [1.82, 2.24) is 0 Å². The van der Waals surface area contributed by atoms with Gasteiger partial charge >= 0.3 is 0 Å². The van der Waals surface area contributed by atoms with Gasteiger partial charge in [-0.25, -0.2) is 0 Å². The number of ketones is 1. The van der Waals surface area contributed by atoms with E-state index in [-0.39, 0.29) is 5.78 Å². The van der Waals surface area contributed by atoms with Crippen molar-refractivity contribution in [1.29, 1.82) is 0 Å². The predicted molar refractivity (Wildman–Crippen MR) is 66.0 cm³/mol. The van der Waals surface area contributed by atoms with E-state index in [0.717, 1.165) is 22.3 Å². The minimum absolute atomic E-state index is 0.200. The standard InChI is InChI=1S/C14H20O2/c1-8-7-9(2)11(4)12(10(8)3)13(15)14(5,6)16/h7,16H,1-6H3. The van der Waals surface area contributed by atoms with Crippen LogP contribution in [0.15, 0.2) is 6.07 Å². The molecule has 0 aromatic heterocycles. The zero-order valence-corrected chi connectivity index (χ0v) is 10.9. The second-order valence-electron chi connectivity index (χ2n) is 5.02. The highest BCUT2D eigenvalue weighted by molar-refractivity contribution is 6.04. The van der Waals surface area contributed by atoms with Crippen molar-refractivity contribution in [3.63, 3.8) is 0 Å². The molecule has 0 aliphatic rings. The number of aliphatic hydroxyl groups is 1. The third-order valence-corrected chi connectivity index (χ3v) is 3.15. The van der Waals surface area contributed by atoms with Gasteiger partial charge in [0.2, 0.25) is 0 Å². The van der Waals surface area contributed by atoms with Crippen LogP contribution in [-0.2, 0) is 0 Å². The van der Waals surface area contributed by atoms with Gasteiger partial charge in [-0.2, -0.15) is 0 Å². The maximum absolute atomic E-state index is 12.2. The second-order valence-corrected chi connectivity index (χ2v) is 5.02. The van der Waals surface area contributed by atoms with E-state index in [1.165, 1.54) is 13.8 Å². The summed E-state index contributed by atoms with van der Waals surface area (Å²) in [6.45, 7) is 10.9. The Morgan fingerprint density at radius 1 is 1.06 bits per heavy atom. The summed E-state index contributed by atoms with van der Waals surface area (Å²) >= 11 is 0. The number of benzene rings is 1. The summed E-state index contributed by atoms with van der Waals surface area (Å²) in [5.74, 6) is -0.200. The Balaban J connectivity index is 3.50. The number of hydrogen-bond donors (Lipinski definition) is 1. The van der Waals surface area contributed by atoms with E-state index in [1.807, 2.05) is 27.7 Å². The van der Waals surface area contributed by atoms with E-state index < -0.39 is 5.60 Å². The normalized spacial score (nSPS) is 11.7. The Hall–Kier alpha value is -1.15. The molecule has 0 bridgehead atoms. The van der Waals surface area contributed by atoms with Gasteiger partial charge < -0.3 is 5.11 Å². The first-order valence-electron chi connectivity index (χ1n) is 5.51. The molecule has 1 aromatic carbocycles. The summed E-state index contributed by atoms with van der Waals surface area (Å²) in [7, 11) is 0. The minimum atomic E-state index is -1.31. The van der Waals surface area contributed by atoms with Crippen molar-refractivity contribution in [3.05, 3.63) is 33.9 Å². The molecule has 16 heavy (non-hydrogen) atoms. The fraction of sp³-hybridized carbons (Fsp3) is 0.500. The first-order chi connectivity index (χ1) is 7.16. The molecule has 1 aromatic rings. The van der Waals surface area contributed by atoms with Crippen LogP contribution in [0.5, 0.6) is 0 Å². The topological polar surface area (TPSA) is 37.3 Å². The first kappa shape index (κ1) is 12.9. The van der Waals surface area contributed by atoms with Gasteiger partial charge in [0.25, 0.3) is 0 Å². The van der Waals surface area contributed by atoms with Gasteiger partial charge in [-0.3, -0.25) is 4.79 Å². The Morgan fingerprint density at radius 2 is 1.44 bits per heavy atom. The molecule has 0 saturated carbocycles. The summed E-state index contributed by atoms with van der Waals surface area (Å²) in [5.41, 5.74) is 3.48. The molecule has 0 atom stereocenters. The maximum atomic E-state index is 12.2. The molecule has 0 spiro atoms. The van der Waals surface area contributed by atoms with E-state index in [1.54, 1.807) is 0 Å². The highest BCUT2D eigenvalue weighted by atomic mass is 16.3. The van der Waals surface area contributed by atoms with Crippen molar-refractivity contribution in [2.75, 3.05) is 0 Å². The Bertz CT molecular complexity index is 411. The lowest BCUT2D eigenvalue weighted by molar-refractivity contribution is 0.0486. The number of rotatable bonds is 2. The van der Waals surface area contributed by atoms with E-state index in [2.05, 4.69) is 6.07 Å². The third-order valence-electron chi connectivity index (χ3n) is 3.15. The lowest BCUT2D eigenvalue weighted by Gasteiger charge is -2.21. The third kappa shape index (κ3) is 2.17. The van der Waals surface area contributed by atoms with Gasteiger partial charge in [0.15, 0.2) is 5.78 Å². The molecule has 0 heterocycles. The van der Waals surface area contributed by atoms with E-state index in [0.29, 0.717) is 5.56 Å². The van der Waals surface area contributed by atoms with E-state index in [4.69, 9.17) is 0 Å². The molecular formula is C14H20O2.